The molecule has 2 rings (SSSR count). The minimum Gasteiger partial charge on any atom is -0.492 e. The van der Waals surface area contributed by atoms with Gasteiger partial charge in [-0.2, -0.15) is 0 Å². The quantitative estimate of drug-likeness (QED) is 0.780. The van der Waals surface area contributed by atoms with E-state index in [1.165, 1.54) is 12.8 Å². The third kappa shape index (κ3) is 4.16. The molecule has 5 heteroatoms. The fraction of sp³-hybridized carbons (Fsp3) is 0.533. The van der Waals surface area contributed by atoms with Crippen LogP contribution in [0.1, 0.15) is 24.8 Å². The van der Waals surface area contributed by atoms with Crippen LogP contribution >= 0.6 is 12.2 Å². The molecule has 0 saturated carbocycles. The Morgan fingerprint density at radius 1 is 1.35 bits per heavy atom. The van der Waals surface area contributed by atoms with Crippen LogP contribution in [0.5, 0.6) is 5.75 Å². The van der Waals surface area contributed by atoms with Gasteiger partial charge in [0.2, 0.25) is 0 Å². The number of aliphatic hydroxyl groups excluding tert-OH is 1. The van der Waals surface area contributed by atoms with Crippen LogP contribution in [0.15, 0.2) is 24.3 Å². The number of nitrogens with two attached hydrogens (primary N) is 1. The Hall–Kier alpha value is -1.17. The summed E-state index contributed by atoms with van der Waals surface area (Å²) >= 11 is 4.91. The van der Waals surface area contributed by atoms with Gasteiger partial charge in [0, 0.05) is 18.2 Å². The zero-order valence-corrected chi connectivity index (χ0v) is 12.4. The number of hydrogen-bond acceptors (Lipinski definition) is 4. The molecule has 1 aliphatic rings. The molecule has 0 aliphatic carbocycles. The van der Waals surface area contributed by atoms with Crippen LogP contribution < -0.4 is 10.5 Å². The smallest absolute Gasteiger partial charge is 0.119 e. The van der Waals surface area contributed by atoms with E-state index in [9.17, 15) is 5.11 Å². The lowest BCUT2D eigenvalue weighted by Gasteiger charge is -2.34. The van der Waals surface area contributed by atoms with E-state index in [1.54, 1.807) is 0 Å². The van der Waals surface area contributed by atoms with E-state index in [1.807, 2.05) is 24.3 Å². The van der Waals surface area contributed by atoms with Gasteiger partial charge in [0.25, 0.3) is 0 Å². The van der Waals surface area contributed by atoms with Crippen LogP contribution in [0.2, 0.25) is 0 Å². The van der Waals surface area contributed by atoms with Crippen molar-refractivity contribution in [3.05, 3.63) is 29.8 Å². The fourth-order valence-corrected chi connectivity index (χ4v) is 2.69. The maximum atomic E-state index is 9.35. The summed E-state index contributed by atoms with van der Waals surface area (Å²) in [4.78, 5) is 2.71. The topological polar surface area (TPSA) is 58.7 Å². The minimum atomic E-state index is 0.239. The first-order valence-corrected chi connectivity index (χ1v) is 7.49. The molecule has 0 aromatic heterocycles. The highest BCUT2D eigenvalue weighted by Gasteiger charge is 2.20. The molecule has 1 atom stereocenters. The van der Waals surface area contributed by atoms with Gasteiger partial charge in [-0.05, 0) is 43.7 Å². The molecular weight excluding hydrogens is 272 g/mol. The van der Waals surface area contributed by atoms with Crippen LogP contribution in [-0.2, 0) is 0 Å². The van der Waals surface area contributed by atoms with Crippen LogP contribution in [-0.4, -0.2) is 47.3 Å². The van der Waals surface area contributed by atoms with Crippen LogP contribution in [0.25, 0.3) is 0 Å². The standard InChI is InChI=1S/C15H22N2O2S/c16-15(20)12-4-6-14(7-5-12)19-10-9-17-8-2-1-3-13(17)11-18/h4-7,13,18H,1-3,8-11H2,(H2,16,20). The SMILES string of the molecule is NC(=S)c1ccc(OCCN2CCCCC2CO)cc1. The first-order chi connectivity index (χ1) is 9.70. The van der Waals surface area contributed by atoms with Gasteiger partial charge in [-0.25, -0.2) is 0 Å². The predicted octanol–water partition coefficient (Wildman–Crippen LogP) is 1.55. The summed E-state index contributed by atoms with van der Waals surface area (Å²) in [6.07, 6.45) is 3.50. The predicted molar refractivity (Wildman–Crippen MR) is 84.1 cm³/mol. The monoisotopic (exact) mass is 294 g/mol. The number of aliphatic hydroxyl groups is 1. The molecule has 1 aromatic rings. The second-order valence-corrected chi connectivity index (χ2v) is 5.55. The second kappa shape index (κ2) is 7.57. The Morgan fingerprint density at radius 2 is 2.10 bits per heavy atom. The van der Waals surface area contributed by atoms with Gasteiger partial charge >= 0.3 is 0 Å². The van der Waals surface area contributed by atoms with E-state index >= 15 is 0 Å². The van der Waals surface area contributed by atoms with Gasteiger partial charge in [0.15, 0.2) is 0 Å². The number of ether oxygens (including phenoxy) is 1. The molecule has 1 saturated heterocycles. The summed E-state index contributed by atoms with van der Waals surface area (Å²) < 4.78 is 5.73. The van der Waals surface area contributed by atoms with Crippen LogP contribution in [0.4, 0.5) is 0 Å². The Labute approximate surface area is 125 Å². The van der Waals surface area contributed by atoms with E-state index in [0.717, 1.165) is 30.8 Å². The molecule has 1 fully saturated rings. The molecule has 0 radical (unpaired) electrons. The maximum Gasteiger partial charge on any atom is 0.119 e. The van der Waals surface area contributed by atoms with Crippen molar-refractivity contribution in [1.29, 1.82) is 0 Å². The van der Waals surface area contributed by atoms with Crippen molar-refractivity contribution in [1.82, 2.24) is 4.90 Å². The lowest BCUT2D eigenvalue weighted by Crippen LogP contribution is -2.43. The van der Waals surface area contributed by atoms with Crippen LogP contribution in [0, 0.1) is 0 Å². The third-order valence-electron chi connectivity index (χ3n) is 3.75. The summed E-state index contributed by atoms with van der Waals surface area (Å²) in [5.41, 5.74) is 6.40. The molecule has 0 amide bonds. The van der Waals surface area contributed by atoms with E-state index in [2.05, 4.69) is 4.90 Å². The average molecular weight is 294 g/mol. The van der Waals surface area contributed by atoms with E-state index in [0.29, 0.717) is 17.6 Å². The van der Waals surface area contributed by atoms with Gasteiger partial charge in [-0.15, -0.1) is 0 Å². The number of likely N-dealkylation sites (tertiary alicyclic amines) is 1. The second-order valence-electron chi connectivity index (χ2n) is 5.11. The van der Waals surface area contributed by atoms with Crippen molar-refractivity contribution in [3.8, 4) is 5.75 Å². The molecule has 1 aromatic carbocycles. The Morgan fingerprint density at radius 3 is 2.75 bits per heavy atom. The molecule has 20 heavy (non-hydrogen) atoms. The van der Waals surface area contributed by atoms with E-state index in [4.69, 9.17) is 22.7 Å². The van der Waals surface area contributed by atoms with Gasteiger partial charge < -0.3 is 15.6 Å². The highest BCUT2D eigenvalue weighted by atomic mass is 32.1. The molecule has 0 spiro atoms. The average Bonchev–Trinajstić information content (AvgIpc) is 2.48. The molecular formula is C15H22N2O2S. The number of nitrogens with zero attached hydrogens (tertiary/aromatic N) is 1. The zero-order chi connectivity index (χ0) is 14.4. The van der Waals surface area contributed by atoms with E-state index in [-0.39, 0.29) is 6.61 Å². The van der Waals surface area contributed by atoms with Crippen molar-refractivity contribution >= 4 is 17.2 Å². The number of rotatable bonds is 6. The van der Waals surface area contributed by atoms with Crippen molar-refractivity contribution in [3.63, 3.8) is 0 Å². The van der Waals surface area contributed by atoms with Gasteiger partial charge in [-0.1, -0.05) is 18.6 Å². The summed E-state index contributed by atoms with van der Waals surface area (Å²) in [6.45, 7) is 2.77. The number of thiocarbonyl (C=S) groups is 1. The first kappa shape index (κ1) is 15.2. The lowest BCUT2D eigenvalue weighted by atomic mass is 10.0. The Kier molecular flexibility index (Phi) is 5.76. The van der Waals surface area contributed by atoms with Crippen LogP contribution in [0.3, 0.4) is 0 Å². The normalized spacial score (nSPS) is 19.8. The van der Waals surface area contributed by atoms with E-state index < -0.39 is 0 Å². The van der Waals surface area contributed by atoms with Crippen molar-refractivity contribution in [2.75, 3.05) is 26.3 Å². The highest BCUT2D eigenvalue weighted by molar-refractivity contribution is 7.80. The Bertz CT molecular complexity index is 436. The van der Waals surface area contributed by atoms with Crippen molar-refractivity contribution in [2.45, 2.75) is 25.3 Å². The lowest BCUT2D eigenvalue weighted by molar-refractivity contribution is 0.0773. The van der Waals surface area contributed by atoms with Crippen molar-refractivity contribution in [2.24, 2.45) is 5.73 Å². The zero-order valence-electron chi connectivity index (χ0n) is 11.6. The highest BCUT2D eigenvalue weighted by Crippen LogP contribution is 2.17. The molecule has 1 unspecified atom stereocenters. The third-order valence-corrected chi connectivity index (χ3v) is 3.98. The summed E-state index contributed by atoms with van der Waals surface area (Å²) in [7, 11) is 0. The molecule has 110 valence electrons. The number of benzene rings is 1. The molecule has 3 N–H and O–H groups in total. The summed E-state index contributed by atoms with van der Waals surface area (Å²) in [5, 5.41) is 9.35. The maximum absolute atomic E-state index is 9.35. The molecule has 4 nitrogen and oxygen atoms in total. The van der Waals surface area contributed by atoms with Crippen molar-refractivity contribution < 1.29 is 9.84 Å². The summed E-state index contributed by atoms with van der Waals surface area (Å²) in [6, 6.07) is 7.80. The molecule has 1 aliphatic heterocycles. The largest absolute Gasteiger partial charge is 0.492 e. The first-order valence-electron chi connectivity index (χ1n) is 7.08. The fourth-order valence-electron chi connectivity index (χ4n) is 2.56. The Balaban J connectivity index is 1.78. The molecule has 0 bridgehead atoms. The summed E-state index contributed by atoms with van der Waals surface area (Å²) in [5.74, 6) is 0.822. The number of hydrogen-bond donors (Lipinski definition) is 2. The minimum absolute atomic E-state index is 0.239. The molecule has 1 heterocycles. The number of piperidine rings is 1. The van der Waals surface area contributed by atoms with Gasteiger partial charge in [-0.3, -0.25) is 4.90 Å². The van der Waals surface area contributed by atoms with Gasteiger partial charge in [0.1, 0.15) is 17.3 Å². The van der Waals surface area contributed by atoms with Gasteiger partial charge in [0.05, 0.1) is 6.61 Å².